The van der Waals surface area contributed by atoms with Crippen LogP contribution in [0.2, 0.25) is 0 Å². The van der Waals surface area contributed by atoms with E-state index < -0.39 is 11.9 Å². The third-order valence-electron chi connectivity index (χ3n) is 2.85. The van der Waals surface area contributed by atoms with Gasteiger partial charge in [0, 0.05) is 11.6 Å². The summed E-state index contributed by atoms with van der Waals surface area (Å²) < 4.78 is 5.25. The van der Waals surface area contributed by atoms with E-state index in [1.165, 1.54) is 6.92 Å². The molecule has 2 N–H and O–H groups in total. The van der Waals surface area contributed by atoms with Gasteiger partial charge in [0.1, 0.15) is 5.75 Å². The molecular formula is C15H20N2O4. The van der Waals surface area contributed by atoms with Crippen LogP contribution in [-0.4, -0.2) is 30.4 Å². The summed E-state index contributed by atoms with van der Waals surface area (Å²) >= 11 is 0. The Morgan fingerprint density at radius 3 is 2.62 bits per heavy atom. The van der Waals surface area contributed by atoms with Gasteiger partial charge < -0.3 is 10.1 Å². The van der Waals surface area contributed by atoms with Crippen molar-refractivity contribution >= 4 is 17.7 Å². The summed E-state index contributed by atoms with van der Waals surface area (Å²) in [6.45, 7) is 4.92. The average molecular weight is 292 g/mol. The average Bonchev–Trinajstić information content (AvgIpc) is 2.45. The molecule has 0 radical (unpaired) electrons. The van der Waals surface area contributed by atoms with Crippen molar-refractivity contribution in [2.75, 3.05) is 6.61 Å². The summed E-state index contributed by atoms with van der Waals surface area (Å²) in [7, 11) is 0. The highest BCUT2D eigenvalue weighted by atomic mass is 16.5. The van der Waals surface area contributed by atoms with Crippen LogP contribution in [0.3, 0.4) is 0 Å². The van der Waals surface area contributed by atoms with Crippen molar-refractivity contribution in [2.45, 2.75) is 33.2 Å². The highest BCUT2D eigenvalue weighted by molar-refractivity contribution is 5.95. The Hall–Kier alpha value is -2.37. The monoisotopic (exact) mass is 292 g/mol. The maximum absolute atomic E-state index is 11.6. The van der Waals surface area contributed by atoms with E-state index in [1.54, 1.807) is 24.3 Å². The van der Waals surface area contributed by atoms with Crippen LogP contribution in [0.25, 0.3) is 0 Å². The quantitative estimate of drug-likeness (QED) is 0.784. The second-order valence-electron chi connectivity index (χ2n) is 4.70. The Morgan fingerprint density at radius 1 is 1.29 bits per heavy atom. The highest BCUT2D eigenvalue weighted by Crippen LogP contribution is 2.13. The molecule has 21 heavy (non-hydrogen) atoms. The Labute approximate surface area is 123 Å². The number of ketones is 1. The van der Waals surface area contributed by atoms with Crippen molar-refractivity contribution in [1.29, 1.82) is 0 Å². The van der Waals surface area contributed by atoms with Crippen molar-refractivity contribution in [3.05, 3.63) is 29.8 Å². The van der Waals surface area contributed by atoms with Crippen molar-refractivity contribution in [2.24, 2.45) is 0 Å². The first-order chi connectivity index (χ1) is 9.92. The number of carbonyl (C=O) groups excluding carboxylic acids is 3. The van der Waals surface area contributed by atoms with Gasteiger partial charge in [-0.25, -0.2) is 4.79 Å². The molecule has 1 aromatic rings. The smallest absolute Gasteiger partial charge is 0.321 e. The molecule has 1 rings (SSSR count). The fourth-order valence-electron chi connectivity index (χ4n) is 1.48. The lowest BCUT2D eigenvalue weighted by Gasteiger charge is -2.12. The highest BCUT2D eigenvalue weighted by Gasteiger charge is 2.10. The number of imide groups is 1. The molecule has 114 valence electrons. The zero-order chi connectivity index (χ0) is 15.8. The first-order valence-corrected chi connectivity index (χ1v) is 6.76. The molecule has 0 bridgehead atoms. The van der Waals surface area contributed by atoms with Crippen LogP contribution in [-0.2, 0) is 4.79 Å². The van der Waals surface area contributed by atoms with Gasteiger partial charge in [0.05, 0.1) is 0 Å². The van der Waals surface area contributed by atoms with Gasteiger partial charge in [-0.05, 0) is 32.4 Å². The second kappa shape index (κ2) is 8.04. The van der Waals surface area contributed by atoms with Crippen LogP contribution >= 0.6 is 0 Å². The first-order valence-electron chi connectivity index (χ1n) is 6.76. The number of nitrogens with one attached hydrogen (secondary N) is 2. The number of amides is 3. The predicted molar refractivity (Wildman–Crippen MR) is 78.4 cm³/mol. The summed E-state index contributed by atoms with van der Waals surface area (Å²) in [5.41, 5.74) is 0.502. The molecule has 0 aliphatic carbocycles. The molecule has 0 heterocycles. The second-order valence-corrected chi connectivity index (χ2v) is 4.70. The molecule has 0 saturated heterocycles. The number of rotatable bonds is 6. The van der Waals surface area contributed by atoms with Gasteiger partial charge in [-0.3, -0.25) is 14.9 Å². The van der Waals surface area contributed by atoms with Crippen molar-refractivity contribution in [1.82, 2.24) is 10.6 Å². The van der Waals surface area contributed by atoms with Gasteiger partial charge in [-0.15, -0.1) is 0 Å². The third-order valence-corrected chi connectivity index (χ3v) is 2.85. The van der Waals surface area contributed by atoms with E-state index in [4.69, 9.17) is 4.74 Å². The molecule has 0 aliphatic heterocycles. The number of Topliss-reactive ketones (excluding diaryl/α,β-unsaturated/α-hetero) is 1. The fourth-order valence-corrected chi connectivity index (χ4v) is 1.48. The Balaban J connectivity index is 2.44. The Bertz CT molecular complexity index is 528. The molecule has 0 unspecified atom stereocenters. The van der Waals surface area contributed by atoms with Crippen LogP contribution in [0.1, 0.15) is 37.6 Å². The SMILES string of the molecule is CC[C@@H](C)NC(=O)NC(=O)COc1cccc(C(C)=O)c1. The largest absolute Gasteiger partial charge is 0.484 e. The summed E-state index contributed by atoms with van der Waals surface area (Å²) in [6.07, 6.45) is 0.774. The molecule has 3 amide bonds. The third kappa shape index (κ3) is 6.07. The van der Waals surface area contributed by atoms with Crippen LogP contribution in [0, 0.1) is 0 Å². The molecule has 0 aliphatic rings. The number of hydrogen-bond acceptors (Lipinski definition) is 4. The zero-order valence-corrected chi connectivity index (χ0v) is 12.4. The minimum atomic E-state index is -0.552. The van der Waals surface area contributed by atoms with E-state index in [-0.39, 0.29) is 18.4 Å². The van der Waals surface area contributed by atoms with E-state index in [1.807, 2.05) is 13.8 Å². The number of ether oxygens (including phenoxy) is 1. The minimum absolute atomic E-state index is 0.00836. The molecule has 0 fully saturated rings. The van der Waals surface area contributed by atoms with Gasteiger partial charge in [0.15, 0.2) is 12.4 Å². The van der Waals surface area contributed by atoms with Gasteiger partial charge in [0.25, 0.3) is 5.91 Å². The molecule has 0 saturated carbocycles. The number of hydrogen-bond donors (Lipinski definition) is 2. The van der Waals surface area contributed by atoms with Crippen molar-refractivity contribution in [3.8, 4) is 5.75 Å². The number of carbonyl (C=O) groups is 3. The van der Waals surface area contributed by atoms with Gasteiger partial charge >= 0.3 is 6.03 Å². The molecular weight excluding hydrogens is 272 g/mol. The van der Waals surface area contributed by atoms with E-state index >= 15 is 0 Å². The van der Waals surface area contributed by atoms with E-state index in [0.29, 0.717) is 11.3 Å². The summed E-state index contributed by atoms with van der Waals surface area (Å²) in [4.78, 5) is 34.2. The Morgan fingerprint density at radius 2 is 2.00 bits per heavy atom. The molecule has 0 aromatic heterocycles. The maximum Gasteiger partial charge on any atom is 0.321 e. The van der Waals surface area contributed by atoms with Crippen molar-refractivity contribution in [3.63, 3.8) is 0 Å². The van der Waals surface area contributed by atoms with Crippen LogP contribution in [0.4, 0.5) is 4.79 Å². The number of urea groups is 1. The van der Waals surface area contributed by atoms with E-state index in [2.05, 4.69) is 10.6 Å². The van der Waals surface area contributed by atoms with E-state index in [0.717, 1.165) is 6.42 Å². The van der Waals surface area contributed by atoms with Gasteiger partial charge in [0.2, 0.25) is 0 Å². The lowest BCUT2D eigenvalue weighted by Crippen LogP contribution is -2.44. The van der Waals surface area contributed by atoms with Gasteiger partial charge in [-0.2, -0.15) is 0 Å². The summed E-state index contributed by atoms with van der Waals surface area (Å²) in [5, 5.41) is 4.78. The molecule has 0 spiro atoms. The lowest BCUT2D eigenvalue weighted by molar-refractivity contribution is -0.122. The summed E-state index contributed by atoms with van der Waals surface area (Å²) in [6, 6.07) is 5.96. The molecule has 6 nitrogen and oxygen atoms in total. The van der Waals surface area contributed by atoms with E-state index in [9.17, 15) is 14.4 Å². The topological polar surface area (TPSA) is 84.5 Å². The normalized spacial score (nSPS) is 11.4. The molecule has 6 heteroatoms. The van der Waals surface area contributed by atoms with Crippen molar-refractivity contribution < 1.29 is 19.1 Å². The van der Waals surface area contributed by atoms with Crippen LogP contribution < -0.4 is 15.4 Å². The zero-order valence-electron chi connectivity index (χ0n) is 12.4. The molecule has 1 atom stereocenters. The summed E-state index contributed by atoms with van der Waals surface area (Å²) in [5.74, 6) is -0.234. The first kappa shape index (κ1) is 16.7. The maximum atomic E-state index is 11.6. The Kier molecular flexibility index (Phi) is 6.39. The fraction of sp³-hybridized carbons (Fsp3) is 0.400. The number of benzene rings is 1. The van der Waals surface area contributed by atoms with Crippen LogP contribution in [0.5, 0.6) is 5.75 Å². The van der Waals surface area contributed by atoms with Gasteiger partial charge in [-0.1, -0.05) is 19.1 Å². The van der Waals surface area contributed by atoms with Crippen LogP contribution in [0.15, 0.2) is 24.3 Å². The minimum Gasteiger partial charge on any atom is -0.484 e. The molecule has 1 aromatic carbocycles. The predicted octanol–water partition coefficient (Wildman–Crippen LogP) is 1.89. The standard InChI is InChI=1S/C15H20N2O4/c1-4-10(2)16-15(20)17-14(19)9-21-13-7-5-6-12(8-13)11(3)18/h5-8,10H,4,9H2,1-3H3,(H2,16,17,19,20)/t10-/m1/s1. The lowest BCUT2D eigenvalue weighted by atomic mass is 10.1.